The van der Waals surface area contributed by atoms with Gasteiger partial charge in [0.2, 0.25) is 0 Å². The number of nitrogens with two attached hydrogens (primary N) is 1. The van der Waals surface area contributed by atoms with E-state index in [0.29, 0.717) is 12.3 Å². The zero-order valence-corrected chi connectivity index (χ0v) is 11.8. The first-order chi connectivity index (χ1) is 9.49. The Kier molecular flexibility index (Phi) is 6.52. The van der Waals surface area contributed by atoms with Crippen LogP contribution in [-0.2, 0) is 16.1 Å². The predicted molar refractivity (Wildman–Crippen MR) is 75.3 cm³/mol. The summed E-state index contributed by atoms with van der Waals surface area (Å²) in [5.41, 5.74) is 10.9. The van der Waals surface area contributed by atoms with Crippen LogP contribution in [0.15, 0.2) is 30.3 Å². The third-order valence-corrected chi connectivity index (χ3v) is 2.56. The van der Waals surface area contributed by atoms with Crippen LogP contribution >= 0.6 is 0 Å². The van der Waals surface area contributed by atoms with Crippen LogP contribution in [0.1, 0.15) is 25.8 Å². The largest absolute Gasteiger partial charge is 0.443 e. The van der Waals surface area contributed by atoms with Crippen molar-refractivity contribution in [3.05, 3.63) is 35.9 Å². The van der Waals surface area contributed by atoms with E-state index in [1.54, 1.807) is 0 Å². The van der Waals surface area contributed by atoms with E-state index >= 15 is 0 Å². The minimum Gasteiger partial charge on any atom is -0.443 e. The van der Waals surface area contributed by atoms with Crippen LogP contribution in [0.5, 0.6) is 0 Å². The van der Waals surface area contributed by atoms with Crippen molar-refractivity contribution < 1.29 is 14.3 Å². The molecule has 0 radical (unpaired) electrons. The van der Waals surface area contributed by atoms with Gasteiger partial charge in [-0.1, -0.05) is 44.2 Å². The van der Waals surface area contributed by atoms with E-state index in [-0.39, 0.29) is 6.61 Å². The zero-order valence-electron chi connectivity index (χ0n) is 11.8. The second-order valence-corrected chi connectivity index (χ2v) is 4.91. The summed E-state index contributed by atoms with van der Waals surface area (Å²) in [7, 11) is 0. The Balaban J connectivity index is 2.24. The highest BCUT2D eigenvalue weighted by Crippen LogP contribution is 2.02. The van der Waals surface area contributed by atoms with E-state index in [1.165, 1.54) is 0 Å². The van der Waals surface area contributed by atoms with Gasteiger partial charge >= 0.3 is 6.09 Å². The summed E-state index contributed by atoms with van der Waals surface area (Å²) in [6.45, 7) is 4.07. The molecule has 0 aliphatic carbocycles. The number of carbonyl (C=O) groups is 2. The van der Waals surface area contributed by atoms with Crippen LogP contribution in [0, 0.1) is 5.92 Å². The molecule has 1 unspecified atom stereocenters. The minimum absolute atomic E-state index is 0.139. The third kappa shape index (κ3) is 6.19. The molecular formula is C14H21N3O3. The molecule has 0 fully saturated rings. The van der Waals surface area contributed by atoms with E-state index in [0.717, 1.165) is 5.56 Å². The summed E-state index contributed by atoms with van der Waals surface area (Å²) < 4.78 is 4.93. The Morgan fingerprint density at radius 2 is 1.85 bits per heavy atom. The predicted octanol–water partition coefficient (Wildman–Crippen LogP) is 1.32. The van der Waals surface area contributed by atoms with Gasteiger partial charge in [0.1, 0.15) is 6.61 Å². The lowest BCUT2D eigenvalue weighted by atomic mass is 10.0. The summed E-state index contributed by atoms with van der Waals surface area (Å²) in [4.78, 5) is 22.9. The molecule has 6 nitrogen and oxygen atoms in total. The molecule has 0 heterocycles. The smallest absolute Gasteiger partial charge is 0.426 e. The van der Waals surface area contributed by atoms with Crippen LogP contribution in [-0.4, -0.2) is 18.0 Å². The highest BCUT2D eigenvalue weighted by Gasteiger charge is 2.15. The lowest BCUT2D eigenvalue weighted by molar-refractivity contribution is -0.123. The molecule has 110 valence electrons. The molecule has 0 saturated heterocycles. The molecule has 2 amide bonds. The Bertz CT molecular complexity index is 435. The number of rotatable bonds is 5. The van der Waals surface area contributed by atoms with Gasteiger partial charge in [-0.15, -0.1) is 0 Å². The maximum absolute atomic E-state index is 11.6. The fourth-order valence-electron chi connectivity index (χ4n) is 1.58. The first kappa shape index (κ1) is 16.0. The molecular weight excluding hydrogens is 258 g/mol. The monoisotopic (exact) mass is 279 g/mol. The van der Waals surface area contributed by atoms with Crippen molar-refractivity contribution >= 4 is 12.0 Å². The van der Waals surface area contributed by atoms with Crippen LogP contribution in [0.3, 0.4) is 0 Å². The van der Waals surface area contributed by atoms with Gasteiger partial charge in [-0.05, 0) is 17.9 Å². The number of hydrazine groups is 1. The maximum Gasteiger partial charge on any atom is 0.426 e. The molecule has 20 heavy (non-hydrogen) atoms. The first-order valence-corrected chi connectivity index (χ1v) is 6.51. The lowest BCUT2D eigenvalue weighted by Gasteiger charge is -2.14. The maximum atomic E-state index is 11.6. The number of nitrogens with one attached hydrogen (secondary N) is 2. The molecule has 0 bridgehead atoms. The average Bonchev–Trinajstić information content (AvgIpc) is 2.42. The number of amides is 2. The van der Waals surface area contributed by atoms with Crippen molar-refractivity contribution in [2.75, 3.05) is 0 Å². The van der Waals surface area contributed by atoms with E-state index < -0.39 is 18.0 Å². The van der Waals surface area contributed by atoms with Crippen molar-refractivity contribution in [2.45, 2.75) is 32.9 Å². The molecule has 1 aromatic rings. The molecule has 0 saturated carbocycles. The molecule has 0 aliphatic heterocycles. The van der Waals surface area contributed by atoms with Crippen LogP contribution in [0.4, 0.5) is 4.79 Å². The summed E-state index contributed by atoms with van der Waals surface area (Å²) in [5.74, 6) is -0.129. The number of carbonyl (C=O) groups excluding carboxylic acids is 2. The van der Waals surface area contributed by atoms with Crippen molar-refractivity contribution in [1.29, 1.82) is 0 Å². The molecule has 0 aliphatic rings. The van der Waals surface area contributed by atoms with Crippen molar-refractivity contribution in [2.24, 2.45) is 11.7 Å². The number of hydrogen-bond acceptors (Lipinski definition) is 4. The van der Waals surface area contributed by atoms with Crippen molar-refractivity contribution in [1.82, 2.24) is 10.9 Å². The fourth-order valence-corrected chi connectivity index (χ4v) is 1.58. The molecule has 4 N–H and O–H groups in total. The zero-order chi connectivity index (χ0) is 15.0. The molecule has 1 aromatic carbocycles. The highest BCUT2D eigenvalue weighted by atomic mass is 16.6. The van der Waals surface area contributed by atoms with Gasteiger partial charge in [-0.3, -0.25) is 10.2 Å². The van der Waals surface area contributed by atoms with E-state index in [1.807, 2.05) is 44.2 Å². The summed E-state index contributed by atoms with van der Waals surface area (Å²) in [6.07, 6.45) is -0.175. The fraction of sp³-hybridized carbons (Fsp3) is 0.429. The Labute approximate surface area is 118 Å². The Morgan fingerprint density at radius 3 is 2.45 bits per heavy atom. The normalized spacial score (nSPS) is 11.8. The quantitative estimate of drug-likeness (QED) is 0.709. The van der Waals surface area contributed by atoms with Gasteiger partial charge in [0.05, 0.1) is 6.04 Å². The third-order valence-electron chi connectivity index (χ3n) is 2.56. The van der Waals surface area contributed by atoms with Crippen molar-refractivity contribution in [3.63, 3.8) is 0 Å². The van der Waals surface area contributed by atoms with E-state index in [4.69, 9.17) is 10.5 Å². The molecule has 0 aromatic heterocycles. The SMILES string of the molecule is CC(C)CC(N)C(=O)NNC(=O)OCc1ccccc1. The van der Waals surface area contributed by atoms with Gasteiger partial charge in [-0.2, -0.15) is 0 Å². The van der Waals surface area contributed by atoms with E-state index in [9.17, 15) is 9.59 Å². The molecule has 0 spiro atoms. The van der Waals surface area contributed by atoms with Gasteiger partial charge in [0.15, 0.2) is 0 Å². The lowest BCUT2D eigenvalue weighted by Crippen LogP contribution is -2.49. The minimum atomic E-state index is -0.723. The summed E-state index contributed by atoms with van der Waals surface area (Å²) >= 11 is 0. The van der Waals surface area contributed by atoms with Crippen LogP contribution in [0.2, 0.25) is 0 Å². The van der Waals surface area contributed by atoms with E-state index in [2.05, 4.69) is 10.9 Å². The van der Waals surface area contributed by atoms with Gasteiger partial charge in [0.25, 0.3) is 5.91 Å². The second kappa shape index (κ2) is 8.16. The molecule has 1 atom stereocenters. The summed E-state index contributed by atoms with van der Waals surface area (Å²) in [6, 6.07) is 8.60. The standard InChI is InChI=1S/C14H21N3O3/c1-10(2)8-12(15)13(18)16-17-14(19)20-9-11-6-4-3-5-7-11/h3-7,10,12H,8-9,15H2,1-2H3,(H,16,18)(H,17,19). The van der Waals surface area contributed by atoms with Gasteiger partial charge < -0.3 is 10.5 Å². The van der Waals surface area contributed by atoms with Crippen molar-refractivity contribution in [3.8, 4) is 0 Å². The highest BCUT2D eigenvalue weighted by molar-refractivity contribution is 5.83. The molecule has 6 heteroatoms. The summed E-state index contributed by atoms with van der Waals surface area (Å²) in [5, 5.41) is 0. The molecule has 1 rings (SSSR count). The second-order valence-electron chi connectivity index (χ2n) is 4.91. The van der Waals surface area contributed by atoms with Gasteiger partial charge in [-0.25, -0.2) is 10.2 Å². The average molecular weight is 279 g/mol. The topological polar surface area (TPSA) is 93.5 Å². The van der Waals surface area contributed by atoms with Crippen LogP contribution in [0.25, 0.3) is 0 Å². The van der Waals surface area contributed by atoms with Crippen LogP contribution < -0.4 is 16.6 Å². The Morgan fingerprint density at radius 1 is 1.20 bits per heavy atom. The number of hydrogen-bond donors (Lipinski definition) is 3. The Hall–Kier alpha value is -2.08. The first-order valence-electron chi connectivity index (χ1n) is 6.51. The number of benzene rings is 1. The van der Waals surface area contributed by atoms with Gasteiger partial charge in [0, 0.05) is 0 Å². The number of ether oxygens (including phenoxy) is 1.